The molecule has 1 aromatic heterocycles. The summed E-state index contributed by atoms with van der Waals surface area (Å²) in [4.78, 5) is 0. The van der Waals surface area contributed by atoms with E-state index < -0.39 is 0 Å². The van der Waals surface area contributed by atoms with Crippen molar-refractivity contribution in [2.75, 3.05) is 0 Å². The minimum Gasteiger partial charge on any atom is -0.489 e. The first-order chi connectivity index (χ1) is 18.2. The van der Waals surface area contributed by atoms with Crippen LogP contribution in [0.25, 0.3) is 16.9 Å². The molecule has 1 aliphatic carbocycles. The highest BCUT2D eigenvalue weighted by Gasteiger charge is 2.14. The van der Waals surface area contributed by atoms with Crippen molar-refractivity contribution < 1.29 is 4.74 Å². The lowest BCUT2D eigenvalue weighted by atomic mass is 9.96. The molecule has 6 nitrogen and oxygen atoms in total. The predicted octanol–water partition coefficient (Wildman–Crippen LogP) is 6.25. The van der Waals surface area contributed by atoms with Crippen molar-refractivity contribution in [1.29, 1.82) is 0 Å². The average Bonchev–Trinajstić information content (AvgIpc) is 3.38. The lowest BCUT2D eigenvalue weighted by molar-refractivity contribution is 0.306. The third-order valence-electron chi connectivity index (χ3n) is 6.45. The van der Waals surface area contributed by atoms with Gasteiger partial charge in [-0.25, -0.2) is 4.68 Å². The minimum absolute atomic E-state index is 0.433. The molecule has 7 heteroatoms. The molecule has 0 amide bonds. The first-order valence-electron chi connectivity index (χ1n) is 12.8. The van der Waals surface area contributed by atoms with E-state index in [2.05, 4.69) is 28.0 Å². The van der Waals surface area contributed by atoms with Gasteiger partial charge in [0.05, 0.1) is 11.9 Å². The van der Waals surface area contributed by atoms with E-state index in [1.807, 2.05) is 83.7 Å². The monoisotopic (exact) mass is 509 g/mol. The molecule has 2 N–H and O–H groups in total. The second kappa shape index (κ2) is 12.3. The van der Waals surface area contributed by atoms with E-state index in [0.29, 0.717) is 17.8 Å². The zero-order valence-corrected chi connectivity index (χ0v) is 21.5. The number of aromatic nitrogens is 2. The molecule has 0 saturated heterocycles. The van der Waals surface area contributed by atoms with Crippen molar-refractivity contribution in [2.24, 2.45) is 5.10 Å². The summed E-state index contributed by atoms with van der Waals surface area (Å²) in [6.45, 7) is 0.529. The van der Waals surface area contributed by atoms with Gasteiger partial charge >= 0.3 is 0 Å². The van der Waals surface area contributed by atoms with Crippen molar-refractivity contribution in [2.45, 2.75) is 44.8 Å². The predicted molar refractivity (Wildman–Crippen MR) is 153 cm³/mol. The molecule has 5 rings (SSSR count). The number of hydrogen-bond acceptors (Lipinski definition) is 4. The summed E-state index contributed by atoms with van der Waals surface area (Å²) in [5.41, 5.74) is 7.79. The Balaban J connectivity index is 1.31. The first kappa shape index (κ1) is 24.7. The molecule has 1 fully saturated rings. The number of para-hydroxylation sites is 1. The second-order valence-corrected chi connectivity index (χ2v) is 9.60. The maximum absolute atomic E-state index is 5.96. The molecule has 37 heavy (non-hydrogen) atoms. The molecule has 1 saturated carbocycles. The highest BCUT2D eigenvalue weighted by Crippen LogP contribution is 2.25. The van der Waals surface area contributed by atoms with Crippen LogP contribution in [0.3, 0.4) is 0 Å². The fraction of sp³-hybridized carbons (Fsp3) is 0.233. The summed E-state index contributed by atoms with van der Waals surface area (Å²) in [6, 6.07) is 28.6. The third-order valence-corrected chi connectivity index (χ3v) is 6.66. The molecular formula is C30H31N5OS. The fourth-order valence-electron chi connectivity index (χ4n) is 4.49. The number of benzene rings is 3. The molecule has 0 bridgehead atoms. The normalized spacial score (nSPS) is 13.9. The Morgan fingerprint density at radius 2 is 1.65 bits per heavy atom. The summed E-state index contributed by atoms with van der Waals surface area (Å²) in [5.74, 6) is 0.811. The van der Waals surface area contributed by atoms with Gasteiger partial charge in [0.15, 0.2) is 5.11 Å². The molecule has 0 unspecified atom stereocenters. The minimum atomic E-state index is 0.433. The van der Waals surface area contributed by atoms with Crippen molar-refractivity contribution in [3.8, 4) is 22.7 Å². The van der Waals surface area contributed by atoms with Gasteiger partial charge in [-0.2, -0.15) is 10.2 Å². The molecule has 4 aromatic rings. The smallest absolute Gasteiger partial charge is 0.187 e. The standard InChI is InChI=1S/C30H31N5OS/c37-30(32-26-12-6-2-7-13-26)33-31-20-25-21-35(27-14-8-3-9-15-27)34-29(25)24-16-18-28(19-17-24)36-22-23-10-4-1-5-11-23/h1,3-5,8-11,14-21,26H,2,6-7,12-13,22H2,(H2,32,33,37)/b31-20+. The summed E-state index contributed by atoms with van der Waals surface area (Å²) >= 11 is 5.46. The van der Waals surface area contributed by atoms with E-state index in [0.717, 1.165) is 46.7 Å². The number of thiocarbonyl (C=S) groups is 1. The zero-order valence-electron chi connectivity index (χ0n) is 20.7. The van der Waals surface area contributed by atoms with Gasteiger partial charge in [-0.1, -0.05) is 67.8 Å². The van der Waals surface area contributed by atoms with Crippen LogP contribution in [0.5, 0.6) is 5.75 Å². The summed E-state index contributed by atoms with van der Waals surface area (Å²) in [6.07, 6.45) is 9.88. The van der Waals surface area contributed by atoms with Gasteiger partial charge in [0, 0.05) is 23.4 Å². The van der Waals surface area contributed by atoms with E-state index in [1.54, 1.807) is 6.21 Å². The SMILES string of the molecule is S=C(N/N=C/c1cn(-c2ccccc2)nc1-c1ccc(OCc2ccccc2)cc1)NC1CCCCC1. The number of rotatable bonds is 8. The number of ether oxygens (including phenoxy) is 1. The Bertz CT molecular complexity index is 1310. The average molecular weight is 510 g/mol. The number of hydrogen-bond donors (Lipinski definition) is 2. The van der Waals surface area contributed by atoms with Crippen LogP contribution >= 0.6 is 12.2 Å². The lowest BCUT2D eigenvalue weighted by Crippen LogP contribution is -2.40. The Hall–Kier alpha value is -3.97. The van der Waals surface area contributed by atoms with Gasteiger partial charge in [0.25, 0.3) is 0 Å². The van der Waals surface area contributed by atoms with Gasteiger partial charge < -0.3 is 10.1 Å². The van der Waals surface area contributed by atoms with Crippen LogP contribution in [0, 0.1) is 0 Å². The first-order valence-corrected chi connectivity index (χ1v) is 13.2. The van der Waals surface area contributed by atoms with Gasteiger partial charge in [0.1, 0.15) is 18.1 Å². The van der Waals surface area contributed by atoms with Gasteiger partial charge in [-0.15, -0.1) is 0 Å². The summed E-state index contributed by atoms with van der Waals surface area (Å²) in [5, 5.41) is 13.2. The second-order valence-electron chi connectivity index (χ2n) is 9.19. The van der Waals surface area contributed by atoms with E-state index in [4.69, 9.17) is 22.1 Å². The van der Waals surface area contributed by atoms with Crippen LogP contribution in [-0.2, 0) is 6.61 Å². The van der Waals surface area contributed by atoms with Crippen LogP contribution in [0.2, 0.25) is 0 Å². The molecule has 0 atom stereocenters. The fourth-order valence-corrected chi connectivity index (χ4v) is 4.71. The molecule has 188 valence electrons. The zero-order chi connectivity index (χ0) is 25.3. The molecule has 1 heterocycles. The Kier molecular flexibility index (Phi) is 8.23. The van der Waals surface area contributed by atoms with Gasteiger partial charge in [-0.3, -0.25) is 5.43 Å². The maximum atomic E-state index is 5.96. The molecule has 1 aliphatic rings. The lowest BCUT2D eigenvalue weighted by Gasteiger charge is -2.23. The van der Waals surface area contributed by atoms with Gasteiger partial charge in [0.2, 0.25) is 0 Å². The summed E-state index contributed by atoms with van der Waals surface area (Å²) < 4.78 is 7.83. The van der Waals surface area contributed by atoms with E-state index >= 15 is 0 Å². The van der Waals surface area contributed by atoms with Crippen molar-refractivity contribution in [3.63, 3.8) is 0 Å². The van der Waals surface area contributed by atoms with Crippen molar-refractivity contribution >= 4 is 23.5 Å². The Morgan fingerprint density at radius 3 is 2.38 bits per heavy atom. The quantitative estimate of drug-likeness (QED) is 0.167. The molecule has 0 aliphatic heterocycles. The van der Waals surface area contributed by atoms with Gasteiger partial charge in [-0.05, 0) is 67.0 Å². The van der Waals surface area contributed by atoms with Crippen molar-refractivity contribution in [3.05, 3.63) is 102 Å². The summed E-state index contributed by atoms with van der Waals surface area (Å²) in [7, 11) is 0. The van der Waals surface area contributed by atoms with Crippen LogP contribution in [0.4, 0.5) is 0 Å². The molecular weight excluding hydrogens is 478 g/mol. The number of nitrogens with one attached hydrogen (secondary N) is 2. The largest absolute Gasteiger partial charge is 0.489 e. The Labute approximate surface area is 223 Å². The third kappa shape index (κ3) is 6.83. The molecule has 3 aromatic carbocycles. The van der Waals surface area contributed by atoms with Crippen LogP contribution in [0.1, 0.15) is 43.2 Å². The number of nitrogens with zero attached hydrogens (tertiary/aromatic N) is 3. The molecule has 0 spiro atoms. The Morgan fingerprint density at radius 1 is 0.946 bits per heavy atom. The van der Waals surface area contributed by atoms with E-state index in [1.165, 1.54) is 19.3 Å². The van der Waals surface area contributed by atoms with Crippen LogP contribution in [-0.4, -0.2) is 27.1 Å². The number of hydrazone groups is 1. The van der Waals surface area contributed by atoms with Crippen molar-refractivity contribution in [1.82, 2.24) is 20.5 Å². The topological polar surface area (TPSA) is 63.5 Å². The van der Waals surface area contributed by atoms with E-state index in [-0.39, 0.29) is 0 Å². The highest BCUT2D eigenvalue weighted by molar-refractivity contribution is 7.80. The highest BCUT2D eigenvalue weighted by atomic mass is 32.1. The maximum Gasteiger partial charge on any atom is 0.187 e. The van der Waals surface area contributed by atoms with Crippen LogP contribution in [0.15, 0.2) is 96.2 Å². The van der Waals surface area contributed by atoms with E-state index in [9.17, 15) is 0 Å². The van der Waals surface area contributed by atoms with Crippen LogP contribution < -0.4 is 15.5 Å². The molecule has 0 radical (unpaired) electrons.